The number of carbonyl (C=O) groups is 1. The third-order valence-corrected chi connectivity index (χ3v) is 2.37. The maximum Gasteiger partial charge on any atom is 0.338 e. The minimum absolute atomic E-state index is 0.237. The molecule has 0 saturated heterocycles. The van der Waals surface area contributed by atoms with E-state index in [4.69, 9.17) is 26.8 Å². The SMILES string of the molecule is CCCOCCOC(=O)c1ccc(N)c(Cl)c1. The van der Waals surface area contributed by atoms with Crippen LogP contribution in [0.15, 0.2) is 18.2 Å². The van der Waals surface area contributed by atoms with Gasteiger partial charge in [0.1, 0.15) is 6.61 Å². The molecule has 0 fully saturated rings. The van der Waals surface area contributed by atoms with E-state index in [9.17, 15) is 4.79 Å². The van der Waals surface area contributed by atoms with Crippen LogP contribution in [-0.2, 0) is 9.47 Å². The molecule has 0 aliphatic carbocycles. The number of benzene rings is 1. The first kappa shape index (κ1) is 13.8. The van der Waals surface area contributed by atoms with Gasteiger partial charge in [-0.1, -0.05) is 18.5 Å². The second kappa shape index (κ2) is 7.14. The topological polar surface area (TPSA) is 61.5 Å². The Hall–Kier alpha value is -1.26. The molecule has 94 valence electrons. The molecular formula is C12H16ClNO3. The summed E-state index contributed by atoms with van der Waals surface area (Å²) in [6.07, 6.45) is 0.946. The quantitative estimate of drug-likeness (QED) is 0.483. The number of anilines is 1. The molecule has 0 aliphatic rings. The third kappa shape index (κ3) is 4.63. The summed E-state index contributed by atoms with van der Waals surface area (Å²) < 4.78 is 10.2. The van der Waals surface area contributed by atoms with Gasteiger partial charge in [0.25, 0.3) is 0 Å². The van der Waals surface area contributed by atoms with Crippen LogP contribution in [0.4, 0.5) is 5.69 Å². The maximum absolute atomic E-state index is 11.6. The predicted octanol–water partition coefficient (Wildman–Crippen LogP) is 2.51. The first-order chi connectivity index (χ1) is 8.15. The smallest absolute Gasteiger partial charge is 0.338 e. The van der Waals surface area contributed by atoms with E-state index in [-0.39, 0.29) is 6.61 Å². The molecule has 1 rings (SSSR count). The highest BCUT2D eigenvalue weighted by molar-refractivity contribution is 6.33. The minimum Gasteiger partial charge on any atom is -0.460 e. The molecule has 5 heteroatoms. The number of esters is 1. The fourth-order valence-corrected chi connectivity index (χ4v) is 1.36. The van der Waals surface area contributed by atoms with Gasteiger partial charge in [0, 0.05) is 6.61 Å². The zero-order valence-corrected chi connectivity index (χ0v) is 10.5. The van der Waals surface area contributed by atoms with Gasteiger partial charge in [-0.15, -0.1) is 0 Å². The Balaban J connectivity index is 2.39. The van der Waals surface area contributed by atoms with E-state index in [1.165, 1.54) is 6.07 Å². The van der Waals surface area contributed by atoms with Crippen molar-refractivity contribution < 1.29 is 14.3 Å². The fraction of sp³-hybridized carbons (Fsp3) is 0.417. The molecule has 2 N–H and O–H groups in total. The molecule has 0 radical (unpaired) electrons. The van der Waals surface area contributed by atoms with E-state index in [0.29, 0.717) is 29.5 Å². The van der Waals surface area contributed by atoms with Crippen molar-refractivity contribution in [2.45, 2.75) is 13.3 Å². The van der Waals surface area contributed by atoms with Crippen LogP contribution in [-0.4, -0.2) is 25.8 Å². The highest BCUT2D eigenvalue weighted by Crippen LogP contribution is 2.19. The molecule has 4 nitrogen and oxygen atoms in total. The van der Waals surface area contributed by atoms with Crippen LogP contribution in [0.25, 0.3) is 0 Å². The number of nitrogen functional groups attached to an aromatic ring is 1. The standard InChI is InChI=1S/C12H16ClNO3/c1-2-5-16-6-7-17-12(15)9-3-4-11(14)10(13)8-9/h3-4,8H,2,5-7,14H2,1H3. The molecule has 0 unspecified atom stereocenters. The summed E-state index contributed by atoms with van der Waals surface area (Å²) in [4.78, 5) is 11.6. The first-order valence-corrected chi connectivity index (χ1v) is 5.83. The van der Waals surface area contributed by atoms with Crippen LogP contribution in [0.2, 0.25) is 5.02 Å². The van der Waals surface area contributed by atoms with Crippen molar-refractivity contribution in [2.24, 2.45) is 0 Å². The summed E-state index contributed by atoms with van der Waals surface area (Å²) in [6.45, 7) is 3.33. The van der Waals surface area contributed by atoms with Gasteiger partial charge in [0.05, 0.1) is 22.9 Å². The van der Waals surface area contributed by atoms with E-state index >= 15 is 0 Å². The summed E-state index contributed by atoms with van der Waals surface area (Å²) in [5, 5.41) is 0.349. The third-order valence-electron chi connectivity index (χ3n) is 2.05. The molecule has 0 spiro atoms. The van der Waals surface area contributed by atoms with Gasteiger partial charge in [-0.25, -0.2) is 4.79 Å². The summed E-state index contributed by atoms with van der Waals surface area (Å²) >= 11 is 5.80. The molecule has 0 aliphatic heterocycles. The predicted molar refractivity (Wildman–Crippen MR) is 67.3 cm³/mol. The number of hydrogen-bond donors (Lipinski definition) is 1. The van der Waals surface area contributed by atoms with Crippen molar-refractivity contribution in [3.63, 3.8) is 0 Å². The van der Waals surface area contributed by atoms with E-state index < -0.39 is 5.97 Å². The zero-order valence-electron chi connectivity index (χ0n) is 9.74. The van der Waals surface area contributed by atoms with Crippen molar-refractivity contribution in [3.05, 3.63) is 28.8 Å². The molecule has 0 atom stereocenters. The lowest BCUT2D eigenvalue weighted by atomic mass is 10.2. The van der Waals surface area contributed by atoms with Gasteiger partial charge in [0.2, 0.25) is 0 Å². The number of hydrogen-bond acceptors (Lipinski definition) is 4. The van der Waals surface area contributed by atoms with Gasteiger partial charge in [0.15, 0.2) is 0 Å². The highest BCUT2D eigenvalue weighted by Gasteiger charge is 2.08. The van der Waals surface area contributed by atoms with E-state index in [1.54, 1.807) is 12.1 Å². The van der Waals surface area contributed by atoms with Crippen LogP contribution in [0.3, 0.4) is 0 Å². The zero-order chi connectivity index (χ0) is 12.7. The lowest BCUT2D eigenvalue weighted by Crippen LogP contribution is -2.11. The number of carbonyl (C=O) groups excluding carboxylic acids is 1. The number of nitrogens with two attached hydrogens (primary N) is 1. The number of ether oxygens (including phenoxy) is 2. The molecule has 0 heterocycles. The Kier molecular flexibility index (Phi) is 5.80. The average Bonchev–Trinajstić information content (AvgIpc) is 2.32. The van der Waals surface area contributed by atoms with Crippen molar-refractivity contribution in [1.82, 2.24) is 0 Å². The summed E-state index contributed by atoms with van der Waals surface area (Å²) in [7, 11) is 0. The van der Waals surface area contributed by atoms with E-state index in [2.05, 4.69) is 0 Å². The Morgan fingerprint density at radius 2 is 2.12 bits per heavy atom. The second-order valence-electron chi connectivity index (χ2n) is 3.48. The highest BCUT2D eigenvalue weighted by atomic mass is 35.5. The van der Waals surface area contributed by atoms with Gasteiger partial charge in [-0.2, -0.15) is 0 Å². The van der Waals surface area contributed by atoms with Gasteiger partial charge < -0.3 is 15.2 Å². The molecule has 1 aromatic carbocycles. The van der Waals surface area contributed by atoms with Gasteiger partial charge in [-0.3, -0.25) is 0 Å². The largest absolute Gasteiger partial charge is 0.460 e. The van der Waals surface area contributed by atoms with E-state index in [1.807, 2.05) is 6.92 Å². The summed E-state index contributed by atoms with van der Waals surface area (Å²) in [5.74, 6) is -0.424. The normalized spacial score (nSPS) is 10.2. The van der Waals surface area contributed by atoms with Crippen LogP contribution in [0.5, 0.6) is 0 Å². The van der Waals surface area contributed by atoms with Crippen molar-refractivity contribution in [3.8, 4) is 0 Å². The molecule has 17 heavy (non-hydrogen) atoms. The van der Waals surface area contributed by atoms with Gasteiger partial charge in [-0.05, 0) is 24.6 Å². The van der Waals surface area contributed by atoms with Gasteiger partial charge >= 0.3 is 5.97 Å². The second-order valence-corrected chi connectivity index (χ2v) is 3.89. The van der Waals surface area contributed by atoms with Crippen LogP contribution in [0.1, 0.15) is 23.7 Å². The monoisotopic (exact) mass is 257 g/mol. The average molecular weight is 258 g/mol. The van der Waals surface area contributed by atoms with Crippen LogP contribution >= 0.6 is 11.6 Å². The maximum atomic E-state index is 11.6. The molecule has 0 bridgehead atoms. The Morgan fingerprint density at radius 3 is 2.76 bits per heavy atom. The molecular weight excluding hydrogens is 242 g/mol. The van der Waals surface area contributed by atoms with Crippen molar-refractivity contribution >= 4 is 23.3 Å². The lowest BCUT2D eigenvalue weighted by molar-refractivity contribution is 0.0318. The Morgan fingerprint density at radius 1 is 1.35 bits per heavy atom. The Bertz CT molecular complexity index is 382. The molecule has 0 aromatic heterocycles. The number of halogens is 1. The lowest BCUT2D eigenvalue weighted by Gasteiger charge is -2.06. The van der Waals surface area contributed by atoms with Crippen LogP contribution in [0, 0.1) is 0 Å². The summed E-state index contributed by atoms with van der Waals surface area (Å²) in [6, 6.07) is 4.65. The number of rotatable bonds is 6. The van der Waals surface area contributed by atoms with E-state index in [0.717, 1.165) is 6.42 Å². The fourth-order valence-electron chi connectivity index (χ4n) is 1.18. The van der Waals surface area contributed by atoms with Crippen molar-refractivity contribution in [1.29, 1.82) is 0 Å². The van der Waals surface area contributed by atoms with Crippen LogP contribution < -0.4 is 5.73 Å². The molecule has 1 aromatic rings. The minimum atomic E-state index is -0.424. The molecule has 0 saturated carbocycles. The van der Waals surface area contributed by atoms with Crippen molar-refractivity contribution in [2.75, 3.05) is 25.6 Å². The Labute approximate surface area is 106 Å². The first-order valence-electron chi connectivity index (χ1n) is 5.45. The summed E-state index contributed by atoms with van der Waals surface area (Å²) in [5.41, 5.74) is 6.37. The molecule has 0 amide bonds.